The summed E-state index contributed by atoms with van der Waals surface area (Å²) in [5, 5.41) is 2.91. The van der Waals surface area contributed by atoms with E-state index in [1.807, 2.05) is 19.1 Å². The molecule has 144 valence electrons. The van der Waals surface area contributed by atoms with Crippen molar-refractivity contribution in [3.05, 3.63) is 75.6 Å². The predicted octanol–water partition coefficient (Wildman–Crippen LogP) is 2.86. The number of nitrogens with one attached hydrogen (secondary N) is 1. The monoisotopic (exact) mass is 382 g/mol. The van der Waals surface area contributed by atoms with Gasteiger partial charge in [0, 0.05) is 5.69 Å². The van der Waals surface area contributed by atoms with Crippen LogP contribution in [0.15, 0.2) is 52.3 Å². The predicted molar refractivity (Wildman–Crippen MR) is 103 cm³/mol. The lowest BCUT2D eigenvalue weighted by molar-refractivity contribution is -0.139. The summed E-state index contributed by atoms with van der Waals surface area (Å²) in [6.45, 7) is 3.51. The van der Waals surface area contributed by atoms with Gasteiger partial charge in [0.25, 0.3) is 5.56 Å². The maximum absolute atomic E-state index is 13.2. The van der Waals surface area contributed by atoms with E-state index in [0.29, 0.717) is 22.9 Å². The fourth-order valence-corrected chi connectivity index (χ4v) is 2.79. The number of hydrogen-bond donors (Lipinski definition) is 1. The van der Waals surface area contributed by atoms with Gasteiger partial charge in [0.1, 0.15) is 5.82 Å². The van der Waals surface area contributed by atoms with Crippen LogP contribution in [0.3, 0.4) is 0 Å². The molecule has 1 aromatic carbocycles. The van der Waals surface area contributed by atoms with Crippen LogP contribution in [0.2, 0.25) is 0 Å². The molecule has 8 heteroatoms. The van der Waals surface area contributed by atoms with Crippen LogP contribution >= 0.6 is 0 Å². The van der Waals surface area contributed by atoms with Crippen LogP contribution in [0, 0.1) is 12.7 Å². The van der Waals surface area contributed by atoms with E-state index in [9.17, 15) is 14.0 Å². The highest BCUT2D eigenvalue weighted by Gasteiger charge is 2.20. The maximum atomic E-state index is 13.2. The number of pyridine rings is 1. The summed E-state index contributed by atoms with van der Waals surface area (Å²) in [5.74, 6) is -0.465. The molecule has 0 saturated heterocycles. The summed E-state index contributed by atoms with van der Waals surface area (Å²) in [5.41, 5.74) is 1.83. The number of ether oxygens (including phenoxy) is 1. The van der Waals surface area contributed by atoms with Gasteiger partial charge in [-0.25, -0.2) is 19.0 Å². The first-order valence-electron chi connectivity index (χ1n) is 8.55. The lowest BCUT2D eigenvalue weighted by Gasteiger charge is -2.02. The Morgan fingerprint density at radius 2 is 1.96 bits per heavy atom. The number of aromatic amines is 1. The molecule has 0 saturated carbocycles. The van der Waals surface area contributed by atoms with Crippen molar-refractivity contribution in [3.8, 4) is 5.69 Å². The van der Waals surface area contributed by atoms with E-state index >= 15 is 0 Å². The van der Waals surface area contributed by atoms with Gasteiger partial charge in [-0.3, -0.25) is 14.7 Å². The SMILES string of the molecule is COC(=O)Cc1[nH]n(-c2ccc(F)cc2)c(=O)c1/C(C)=N/c1cccc(C)n1. The topological polar surface area (TPSA) is 89.3 Å². The standard InChI is InChI=1S/C20H19FN4O3/c1-12-5-4-6-17(22-12)23-13(2)19-16(11-18(26)28-3)24-25(20(19)27)15-9-7-14(21)8-10-15/h4-10,24H,11H2,1-3H3/b23-13+. The highest BCUT2D eigenvalue weighted by Crippen LogP contribution is 2.15. The van der Waals surface area contributed by atoms with Gasteiger partial charge in [-0.1, -0.05) is 6.07 Å². The summed E-state index contributed by atoms with van der Waals surface area (Å²) in [6, 6.07) is 10.8. The molecular formula is C20H19FN4O3. The summed E-state index contributed by atoms with van der Waals surface area (Å²) < 4.78 is 19.2. The van der Waals surface area contributed by atoms with Gasteiger partial charge in [-0.05, 0) is 50.2 Å². The van der Waals surface area contributed by atoms with Gasteiger partial charge in [-0.15, -0.1) is 0 Å². The smallest absolute Gasteiger partial charge is 0.311 e. The number of aromatic nitrogens is 3. The second-order valence-corrected chi connectivity index (χ2v) is 6.17. The number of H-pyrrole nitrogens is 1. The van der Waals surface area contributed by atoms with Crippen molar-refractivity contribution in [2.45, 2.75) is 20.3 Å². The number of methoxy groups -OCH3 is 1. The quantitative estimate of drug-likeness (QED) is 0.543. The number of benzene rings is 1. The van der Waals surface area contributed by atoms with Crippen molar-refractivity contribution in [2.75, 3.05) is 7.11 Å². The zero-order valence-corrected chi connectivity index (χ0v) is 15.7. The van der Waals surface area contributed by atoms with Crippen LogP contribution in [0.1, 0.15) is 23.9 Å². The van der Waals surface area contributed by atoms with E-state index in [4.69, 9.17) is 4.74 Å². The second kappa shape index (κ2) is 7.99. The molecule has 7 nitrogen and oxygen atoms in total. The first kappa shape index (κ1) is 19.2. The van der Waals surface area contributed by atoms with Crippen molar-refractivity contribution < 1.29 is 13.9 Å². The minimum Gasteiger partial charge on any atom is -0.469 e. The Kier molecular flexibility index (Phi) is 5.49. The van der Waals surface area contributed by atoms with Crippen molar-refractivity contribution in [2.24, 2.45) is 4.99 Å². The summed E-state index contributed by atoms with van der Waals surface area (Å²) in [7, 11) is 1.27. The van der Waals surface area contributed by atoms with Crippen LogP contribution in [-0.2, 0) is 16.0 Å². The first-order chi connectivity index (χ1) is 13.4. The van der Waals surface area contributed by atoms with Gasteiger partial charge in [0.15, 0.2) is 5.82 Å². The van der Waals surface area contributed by atoms with Crippen LogP contribution in [0.5, 0.6) is 0 Å². The molecule has 2 heterocycles. The van der Waals surface area contributed by atoms with E-state index in [2.05, 4.69) is 15.1 Å². The molecule has 1 N–H and O–H groups in total. The summed E-state index contributed by atoms with van der Waals surface area (Å²) in [4.78, 5) is 33.6. The average molecular weight is 382 g/mol. The average Bonchev–Trinajstić information content (AvgIpc) is 2.98. The molecule has 3 aromatic rings. The Bertz CT molecular complexity index is 1100. The molecule has 0 unspecified atom stereocenters. The number of rotatable bonds is 5. The summed E-state index contributed by atoms with van der Waals surface area (Å²) in [6.07, 6.45) is -0.136. The number of carbonyl (C=O) groups is 1. The number of aryl methyl sites for hydroxylation is 1. The number of aliphatic imine (C=N–C) groups is 1. The van der Waals surface area contributed by atoms with E-state index in [1.165, 1.54) is 36.1 Å². The van der Waals surface area contributed by atoms with Gasteiger partial charge < -0.3 is 4.74 Å². The molecule has 2 aromatic heterocycles. The molecular weight excluding hydrogens is 363 g/mol. The maximum Gasteiger partial charge on any atom is 0.311 e. The number of halogens is 1. The van der Waals surface area contributed by atoms with Crippen LogP contribution in [0.25, 0.3) is 5.69 Å². The second-order valence-electron chi connectivity index (χ2n) is 6.17. The Morgan fingerprint density at radius 1 is 1.25 bits per heavy atom. The first-order valence-corrected chi connectivity index (χ1v) is 8.55. The Hall–Kier alpha value is -3.55. The highest BCUT2D eigenvalue weighted by atomic mass is 19.1. The minimum atomic E-state index is -0.504. The number of nitrogens with zero attached hydrogens (tertiary/aromatic N) is 3. The van der Waals surface area contributed by atoms with Crippen LogP contribution in [0.4, 0.5) is 10.2 Å². The van der Waals surface area contributed by atoms with E-state index < -0.39 is 17.3 Å². The van der Waals surface area contributed by atoms with Crippen molar-refractivity contribution in [1.29, 1.82) is 0 Å². The Morgan fingerprint density at radius 3 is 2.61 bits per heavy atom. The lowest BCUT2D eigenvalue weighted by atomic mass is 10.1. The van der Waals surface area contributed by atoms with E-state index in [0.717, 1.165) is 5.69 Å². The molecule has 28 heavy (non-hydrogen) atoms. The van der Waals surface area contributed by atoms with Gasteiger partial charge >= 0.3 is 5.97 Å². The molecule has 3 rings (SSSR count). The molecule has 0 aliphatic heterocycles. The third kappa shape index (κ3) is 4.06. The van der Waals surface area contributed by atoms with Gasteiger partial charge in [0.2, 0.25) is 0 Å². The molecule has 0 aliphatic carbocycles. The van der Waals surface area contributed by atoms with Crippen molar-refractivity contribution in [1.82, 2.24) is 14.8 Å². The lowest BCUT2D eigenvalue weighted by Crippen LogP contribution is -2.20. The molecule has 0 spiro atoms. The zero-order chi connectivity index (χ0) is 20.3. The number of hydrogen-bond acceptors (Lipinski definition) is 5. The zero-order valence-electron chi connectivity index (χ0n) is 15.7. The molecule has 0 radical (unpaired) electrons. The van der Waals surface area contributed by atoms with Crippen molar-refractivity contribution in [3.63, 3.8) is 0 Å². The molecule has 0 amide bonds. The largest absolute Gasteiger partial charge is 0.469 e. The fraction of sp³-hybridized carbons (Fsp3) is 0.200. The fourth-order valence-electron chi connectivity index (χ4n) is 2.79. The third-order valence-corrected chi connectivity index (χ3v) is 4.12. The van der Waals surface area contributed by atoms with Crippen molar-refractivity contribution >= 4 is 17.5 Å². The molecule has 0 atom stereocenters. The highest BCUT2D eigenvalue weighted by molar-refractivity contribution is 6.01. The minimum absolute atomic E-state index is 0.136. The number of esters is 1. The normalized spacial score (nSPS) is 11.5. The Labute approximate surface area is 160 Å². The molecule has 0 fully saturated rings. The van der Waals surface area contributed by atoms with Crippen LogP contribution in [-0.4, -0.2) is 33.6 Å². The van der Waals surface area contributed by atoms with Crippen LogP contribution < -0.4 is 5.56 Å². The summed E-state index contributed by atoms with van der Waals surface area (Å²) >= 11 is 0. The Balaban J connectivity index is 2.13. The molecule has 0 aliphatic rings. The van der Waals surface area contributed by atoms with Gasteiger partial charge in [-0.2, -0.15) is 0 Å². The number of carbonyl (C=O) groups excluding carboxylic acids is 1. The third-order valence-electron chi connectivity index (χ3n) is 4.12. The molecule has 0 bridgehead atoms. The van der Waals surface area contributed by atoms with E-state index in [-0.39, 0.29) is 12.0 Å². The van der Waals surface area contributed by atoms with E-state index in [1.54, 1.807) is 13.0 Å². The van der Waals surface area contributed by atoms with Gasteiger partial charge in [0.05, 0.1) is 36.2 Å².